The van der Waals surface area contributed by atoms with Crippen LogP contribution in [0, 0.1) is 11.3 Å². The first-order chi connectivity index (χ1) is 7.35. The maximum Gasteiger partial charge on any atom is 0.421 e. The van der Waals surface area contributed by atoms with Crippen LogP contribution >= 0.6 is 0 Å². The van der Waals surface area contributed by atoms with Crippen LogP contribution in [0.3, 0.4) is 0 Å². The fourth-order valence-corrected chi connectivity index (χ4v) is 3.47. The van der Waals surface area contributed by atoms with Gasteiger partial charge in [-0.05, 0) is 24.2 Å². The molecule has 4 nitrogen and oxygen atoms in total. The van der Waals surface area contributed by atoms with Gasteiger partial charge in [0, 0.05) is 0 Å². The zero-order valence-corrected chi connectivity index (χ0v) is 10.4. The summed E-state index contributed by atoms with van der Waals surface area (Å²) >= 11 is 0. The Balaban J connectivity index is 2.10. The lowest BCUT2D eigenvalue weighted by molar-refractivity contribution is -0.0979. The lowest BCUT2D eigenvalue weighted by Gasteiger charge is -2.59. The molecule has 16 heavy (non-hydrogen) atoms. The minimum absolute atomic E-state index is 0.0505. The van der Waals surface area contributed by atoms with Gasteiger partial charge in [-0.3, -0.25) is 0 Å². The van der Waals surface area contributed by atoms with Crippen LogP contribution in [0.2, 0.25) is 0 Å². The van der Waals surface area contributed by atoms with E-state index in [2.05, 4.69) is 26.2 Å². The van der Waals surface area contributed by atoms with Crippen molar-refractivity contribution in [2.75, 3.05) is 6.54 Å². The van der Waals surface area contributed by atoms with Gasteiger partial charge in [-0.1, -0.05) is 33.6 Å². The molecule has 1 aliphatic carbocycles. The molecule has 0 aromatic rings. The standard InChI is InChI=1S/C12H22N2O2/c1-11(2,3)9-6-4-5-7-12(9)8-14(13-12)10(15)16/h9,13H,4-8H2,1-3H3,(H,15,16). The Morgan fingerprint density at radius 3 is 2.56 bits per heavy atom. The van der Waals surface area contributed by atoms with E-state index in [-0.39, 0.29) is 11.0 Å². The minimum atomic E-state index is -0.858. The van der Waals surface area contributed by atoms with Crippen LogP contribution in [0.4, 0.5) is 4.79 Å². The predicted molar refractivity (Wildman–Crippen MR) is 62.0 cm³/mol. The highest BCUT2D eigenvalue weighted by Crippen LogP contribution is 2.47. The third-order valence-corrected chi connectivity index (χ3v) is 4.11. The number of nitrogens with one attached hydrogen (secondary N) is 1. The summed E-state index contributed by atoms with van der Waals surface area (Å²) in [5.41, 5.74) is 3.48. The lowest BCUT2D eigenvalue weighted by Crippen LogP contribution is -2.77. The van der Waals surface area contributed by atoms with Gasteiger partial charge in [-0.2, -0.15) is 0 Å². The highest BCUT2D eigenvalue weighted by Gasteiger charge is 2.54. The molecule has 2 fully saturated rings. The minimum Gasteiger partial charge on any atom is -0.464 e. The van der Waals surface area contributed by atoms with Crippen molar-refractivity contribution in [2.24, 2.45) is 11.3 Å². The summed E-state index contributed by atoms with van der Waals surface area (Å²) in [5.74, 6) is 0.573. The Kier molecular flexibility index (Phi) is 2.65. The monoisotopic (exact) mass is 226 g/mol. The van der Waals surface area contributed by atoms with Crippen molar-refractivity contribution >= 4 is 6.09 Å². The summed E-state index contributed by atoms with van der Waals surface area (Å²) in [6.45, 7) is 7.44. The molecule has 2 atom stereocenters. The number of amides is 1. The van der Waals surface area contributed by atoms with E-state index in [1.165, 1.54) is 24.3 Å². The number of carbonyl (C=O) groups is 1. The Morgan fingerprint density at radius 1 is 1.44 bits per heavy atom. The van der Waals surface area contributed by atoms with Crippen LogP contribution in [0.25, 0.3) is 0 Å². The molecule has 1 heterocycles. The van der Waals surface area contributed by atoms with Gasteiger partial charge in [0.25, 0.3) is 0 Å². The number of carboxylic acid groups (broad SMARTS) is 1. The molecule has 2 N–H and O–H groups in total. The molecule has 1 saturated carbocycles. The molecule has 0 bridgehead atoms. The van der Waals surface area contributed by atoms with Gasteiger partial charge < -0.3 is 5.11 Å². The van der Waals surface area contributed by atoms with E-state index in [1.54, 1.807) is 0 Å². The highest BCUT2D eigenvalue weighted by atomic mass is 16.4. The first-order valence-corrected chi connectivity index (χ1v) is 6.13. The average molecular weight is 226 g/mol. The second-order valence-electron chi connectivity index (χ2n) is 6.30. The van der Waals surface area contributed by atoms with E-state index in [4.69, 9.17) is 5.11 Å². The van der Waals surface area contributed by atoms with Crippen LogP contribution in [-0.2, 0) is 0 Å². The quantitative estimate of drug-likeness (QED) is 0.667. The van der Waals surface area contributed by atoms with Gasteiger partial charge in [0.2, 0.25) is 0 Å². The van der Waals surface area contributed by atoms with Crippen LogP contribution in [0.5, 0.6) is 0 Å². The fraction of sp³-hybridized carbons (Fsp3) is 0.917. The molecular weight excluding hydrogens is 204 g/mol. The van der Waals surface area contributed by atoms with Crippen LogP contribution in [0.1, 0.15) is 46.5 Å². The van der Waals surface area contributed by atoms with Crippen molar-refractivity contribution < 1.29 is 9.90 Å². The van der Waals surface area contributed by atoms with Crippen LogP contribution < -0.4 is 5.43 Å². The first-order valence-electron chi connectivity index (χ1n) is 6.13. The molecule has 92 valence electrons. The summed E-state index contributed by atoms with van der Waals surface area (Å²) in [6, 6.07) is 0. The van der Waals surface area contributed by atoms with Crippen molar-refractivity contribution in [3.63, 3.8) is 0 Å². The number of hydrazine groups is 1. The molecule has 2 unspecified atom stereocenters. The SMILES string of the molecule is CC(C)(C)C1CCCCC12CN(C(=O)O)N2. The van der Waals surface area contributed by atoms with Gasteiger partial charge >= 0.3 is 6.09 Å². The number of hydrogen-bond donors (Lipinski definition) is 2. The number of rotatable bonds is 0. The van der Waals surface area contributed by atoms with Gasteiger partial charge in [0.1, 0.15) is 0 Å². The first kappa shape index (κ1) is 11.7. The Hall–Kier alpha value is -0.770. The van der Waals surface area contributed by atoms with E-state index in [9.17, 15) is 4.79 Å². The van der Waals surface area contributed by atoms with E-state index < -0.39 is 6.09 Å². The maximum absolute atomic E-state index is 10.8. The van der Waals surface area contributed by atoms with Crippen LogP contribution in [0.15, 0.2) is 0 Å². The average Bonchev–Trinajstić information content (AvgIpc) is 2.12. The Labute approximate surface area is 97.0 Å². The van der Waals surface area contributed by atoms with Crippen molar-refractivity contribution in [1.82, 2.24) is 10.4 Å². The summed E-state index contributed by atoms with van der Waals surface area (Å²) in [4.78, 5) is 10.8. The molecule has 1 spiro atoms. The molecule has 2 rings (SSSR count). The second-order valence-corrected chi connectivity index (χ2v) is 6.30. The zero-order valence-electron chi connectivity index (χ0n) is 10.4. The van der Waals surface area contributed by atoms with Crippen molar-refractivity contribution in [3.05, 3.63) is 0 Å². The molecule has 0 aromatic heterocycles. The molecule has 0 aromatic carbocycles. The van der Waals surface area contributed by atoms with Crippen molar-refractivity contribution in [2.45, 2.75) is 52.0 Å². The Morgan fingerprint density at radius 2 is 2.06 bits per heavy atom. The summed E-state index contributed by atoms with van der Waals surface area (Å²) in [5, 5.41) is 10.2. The van der Waals surface area contributed by atoms with E-state index in [0.29, 0.717) is 12.5 Å². The maximum atomic E-state index is 10.8. The molecule has 0 radical (unpaired) electrons. The molecule has 1 aliphatic heterocycles. The zero-order chi connectivity index (χ0) is 12.0. The normalized spacial score (nSPS) is 34.9. The van der Waals surface area contributed by atoms with E-state index in [0.717, 1.165) is 6.42 Å². The fourth-order valence-electron chi connectivity index (χ4n) is 3.47. The Bertz CT molecular complexity index is 290. The van der Waals surface area contributed by atoms with E-state index >= 15 is 0 Å². The van der Waals surface area contributed by atoms with E-state index in [1.807, 2.05) is 0 Å². The molecular formula is C12H22N2O2. The summed E-state index contributed by atoms with van der Waals surface area (Å²) in [7, 11) is 0. The second kappa shape index (κ2) is 3.62. The largest absolute Gasteiger partial charge is 0.464 e. The van der Waals surface area contributed by atoms with Crippen molar-refractivity contribution in [1.29, 1.82) is 0 Å². The predicted octanol–water partition coefficient (Wildman–Crippen LogP) is 2.46. The molecule has 1 saturated heterocycles. The lowest BCUT2D eigenvalue weighted by atomic mass is 9.61. The van der Waals surface area contributed by atoms with Crippen LogP contribution in [-0.4, -0.2) is 28.3 Å². The van der Waals surface area contributed by atoms with Gasteiger partial charge in [0.05, 0.1) is 12.1 Å². The topological polar surface area (TPSA) is 52.6 Å². The third-order valence-electron chi connectivity index (χ3n) is 4.11. The van der Waals surface area contributed by atoms with Crippen molar-refractivity contribution in [3.8, 4) is 0 Å². The van der Waals surface area contributed by atoms with Gasteiger partial charge in [-0.25, -0.2) is 15.2 Å². The number of nitrogens with zero attached hydrogens (tertiary/aromatic N) is 1. The molecule has 4 heteroatoms. The number of hydrogen-bond acceptors (Lipinski definition) is 2. The molecule has 2 aliphatic rings. The third kappa shape index (κ3) is 1.79. The van der Waals surface area contributed by atoms with Gasteiger partial charge in [0.15, 0.2) is 0 Å². The summed E-state index contributed by atoms with van der Waals surface area (Å²) in [6.07, 6.45) is 3.96. The summed E-state index contributed by atoms with van der Waals surface area (Å²) < 4.78 is 0. The van der Waals surface area contributed by atoms with Gasteiger partial charge in [-0.15, -0.1) is 0 Å². The smallest absolute Gasteiger partial charge is 0.421 e. The highest BCUT2D eigenvalue weighted by molar-refractivity contribution is 5.65. The molecule has 1 amide bonds.